The van der Waals surface area contributed by atoms with Crippen molar-refractivity contribution >= 4 is 35.0 Å². The highest BCUT2D eigenvalue weighted by Gasteiger charge is 2.48. The second-order valence-corrected chi connectivity index (χ2v) is 6.83. The molecule has 3 rings (SSSR count). The van der Waals surface area contributed by atoms with E-state index >= 15 is 0 Å². The average Bonchev–Trinajstić information content (AvgIpc) is 2.86. The molecule has 0 aromatic heterocycles. The average molecular weight is 361 g/mol. The molecular weight excluding hydrogens is 340 g/mol. The van der Waals surface area contributed by atoms with Crippen LogP contribution < -0.4 is 4.90 Å². The summed E-state index contributed by atoms with van der Waals surface area (Å²) < 4.78 is 0. The number of anilines is 1. The normalized spacial score (nSPS) is 22.7. The standard InChI is InChI=1S/C19H21ClN2O3/c1-3-21(4-2)17(23)12-5-8-14(9-6-12)22-18(24)15-10-7-13(20)11-16(15)19(22)25/h5-9,15-16H,3-4,10-11H2,1-2H3. The van der Waals surface area contributed by atoms with Gasteiger partial charge < -0.3 is 4.90 Å². The molecule has 0 bridgehead atoms. The number of amides is 3. The van der Waals surface area contributed by atoms with Crippen molar-refractivity contribution in [1.82, 2.24) is 4.90 Å². The van der Waals surface area contributed by atoms with Gasteiger partial charge in [-0.3, -0.25) is 19.3 Å². The van der Waals surface area contributed by atoms with E-state index in [2.05, 4.69) is 0 Å². The molecule has 0 radical (unpaired) electrons. The Bertz CT molecular complexity index is 738. The van der Waals surface area contributed by atoms with Crippen molar-refractivity contribution in [3.8, 4) is 0 Å². The lowest BCUT2D eigenvalue weighted by Crippen LogP contribution is -2.32. The van der Waals surface area contributed by atoms with Gasteiger partial charge in [0, 0.05) is 23.7 Å². The van der Waals surface area contributed by atoms with Gasteiger partial charge in [0.05, 0.1) is 17.5 Å². The van der Waals surface area contributed by atoms with Crippen LogP contribution in [0, 0.1) is 11.8 Å². The van der Waals surface area contributed by atoms with Gasteiger partial charge in [-0.2, -0.15) is 0 Å². The molecular formula is C19H21ClN2O3. The monoisotopic (exact) mass is 360 g/mol. The third-order valence-electron chi connectivity index (χ3n) is 4.99. The third-order valence-corrected chi connectivity index (χ3v) is 5.30. The molecule has 1 fully saturated rings. The number of carbonyl (C=O) groups excluding carboxylic acids is 3. The molecule has 2 unspecified atom stereocenters. The molecule has 1 heterocycles. The smallest absolute Gasteiger partial charge is 0.253 e. The first-order valence-electron chi connectivity index (χ1n) is 8.59. The molecule has 1 aromatic carbocycles. The summed E-state index contributed by atoms with van der Waals surface area (Å²) >= 11 is 6.04. The fourth-order valence-electron chi connectivity index (χ4n) is 3.53. The summed E-state index contributed by atoms with van der Waals surface area (Å²) in [5.41, 5.74) is 1.06. The van der Waals surface area contributed by atoms with E-state index in [9.17, 15) is 14.4 Å². The highest BCUT2D eigenvalue weighted by molar-refractivity contribution is 6.30. The molecule has 1 aliphatic carbocycles. The molecule has 25 heavy (non-hydrogen) atoms. The van der Waals surface area contributed by atoms with Gasteiger partial charge in [-0.1, -0.05) is 17.7 Å². The molecule has 2 atom stereocenters. The van der Waals surface area contributed by atoms with E-state index in [4.69, 9.17) is 11.6 Å². The number of hydrogen-bond donors (Lipinski definition) is 0. The van der Waals surface area contributed by atoms with Gasteiger partial charge in [0.2, 0.25) is 11.8 Å². The number of imide groups is 1. The fourth-order valence-corrected chi connectivity index (χ4v) is 3.78. The Labute approximate surface area is 152 Å². The van der Waals surface area contributed by atoms with Crippen molar-refractivity contribution in [2.24, 2.45) is 11.8 Å². The number of nitrogens with zero attached hydrogens (tertiary/aromatic N) is 2. The maximum Gasteiger partial charge on any atom is 0.253 e. The van der Waals surface area contributed by atoms with E-state index in [0.29, 0.717) is 42.2 Å². The number of allylic oxidation sites excluding steroid dienone is 2. The maximum atomic E-state index is 12.7. The molecule has 3 amide bonds. The Balaban J connectivity index is 1.82. The Hall–Kier alpha value is -2.14. The van der Waals surface area contributed by atoms with Crippen LogP contribution in [0.15, 0.2) is 35.4 Å². The second-order valence-electron chi connectivity index (χ2n) is 6.34. The van der Waals surface area contributed by atoms with Gasteiger partial charge in [-0.05, 0) is 51.0 Å². The van der Waals surface area contributed by atoms with E-state index in [-0.39, 0.29) is 29.6 Å². The van der Waals surface area contributed by atoms with Crippen LogP contribution in [-0.2, 0) is 9.59 Å². The Morgan fingerprint density at radius 3 is 2.32 bits per heavy atom. The number of benzene rings is 1. The van der Waals surface area contributed by atoms with E-state index in [1.54, 1.807) is 29.2 Å². The van der Waals surface area contributed by atoms with Gasteiger partial charge in [-0.15, -0.1) is 0 Å². The van der Waals surface area contributed by atoms with Gasteiger partial charge in [0.1, 0.15) is 0 Å². The Morgan fingerprint density at radius 2 is 1.72 bits per heavy atom. The van der Waals surface area contributed by atoms with Gasteiger partial charge in [0.15, 0.2) is 0 Å². The third kappa shape index (κ3) is 3.09. The summed E-state index contributed by atoms with van der Waals surface area (Å²) in [4.78, 5) is 40.6. The maximum absolute atomic E-state index is 12.7. The van der Waals surface area contributed by atoms with Gasteiger partial charge in [-0.25, -0.2) is 0 Å². The number of fused-ring (bicyclic) bond motifs is 1. The molecule has 6 heteroatoms. The first-order chi connectivity index (χ1) is 12.0. The van der Waals surface area contributed by atoms with Gasteiger partial charge >= 0.3 is 0 Å². The zero-order valence-corrected chi connectivity index (χ0v) is 15.1. The summed E-state index contributed by atoms with van der Waals surface area (Å²) in [6.07, 6.45) is 2.75. The molecule has 5 nitrogen and oxygen atoms in total. The van der Waals surface area contributed by atoms with Crippen LogP contribution >= 0.6 is 11.6 Å². The zero-order chi connectivity index (χ0) is 18.1. The van der Waals surface area contributed by atoms with Crippen LogP contribution in [0.3, 0.4) is 0 Å². The fraction of sp³-hybridized carbons (Fsp3) is 0.421. The minimum absolute atomic E-state index is 0.0553. The number of halogens is 1. The quantitative estimate of drug-likeness (QED) is 0.775. The lowest BCUT2D eigenvalue weighted by Gasteiger charge is -2.19. The second kappa shape index (κ2) is 7.00. The minimum Gasteiger partial charge on any atom is -0.339 e. The highest BCUT2D eigenvalue weighted by atomic mass is 35.5. The summed E-state index contributed by atoms with van der Waals surface area (Å²) in [5.74, 6) is -1.14. The van der Waals surface area contributed by atoms with Crippen LogP contribution in [0.5, 0.6) is 0 Å². The molecule has 0 N–H and O–H groups in total. The predicted molar refractivity (Wildman–Crippen MR) is 96.3 cm³/mol. The van der Waals surface area contributed by atoms with Crippen molar-refractivity contribution in [3.05, 3.63) is 40.9 Å². The van der Waals surface area contributed by atoms with Crippen LogP contribution in [0.2, 0.25) is 0 Å². The molecule has 0 saturated carbocycles. The zero-order valence-electron chi connectivity index (χ0n) is 14.4. The van der Waals surface area contributed by atoms with Crippen molar-refractivity contribution in [2.45, 2.75) is 26.7 Å². The summed E-state index contributed by atoms with van der Waals surface area (Å²) in [5, 5.41) is 0.643. The molecule has 1 saturated heterocycles. The number of carbonyl (C=O) groups is 3. The lowest BCUT2D eigenvalue weighted by atomic mass is 9.85. The van der Waals surface area contributed by atoms with Crippen molar-refractivity contribution in [2.75, 3.05) is 18.0 Å². The molecule has 1 aromatic rings. The molecule has 0 spiro atoms. The van der Waals surface area contributed by atoms with E-state index in [0.717, 1.165) is 0 Å². The van der Waals surface area contributed by atoms with Crippen molar-refractivity contribution in [3.63, 3.8) is 0 Å². The van der Waals surface area contributed by atoms with Crippen LogP contribution in [0.4, 0.5) is 5.69 Å². The Morgan fingerprint density at radius 1 is 1.12 bits per heavy atom. The SMILES string of the molecule is CCN(CC)C(=O)c1ccc(N2C(=O)C3CC=C(Cl)CC3C2=O)cc1. The number of rotatable bonds is 4. The molecule has 132 valence electrons. The Kier molecular flexibility index (Phi) is 4.95. The van der Waals surface area contributed by atoms with Crippen LogP contribution in [-0.4, -0.2) is 35.7 Å². The van der Waals surface area contributed by atoms with E-state index in [1.165, 1.54) is 4.90 Å². The first kappa shape index (κ1) is 17.7. The predicted octanol–water partition coefficient (Wildman–Crippen LogP) is 3.19. The lowest BCUT2D eigenvalue weighted by molar-refractivity contribution is -0.122. The van der Waals surface area contributed by atoms with Crippen LogP contribution in [0.25, 0.3) is 0 Å². The summed E-state index contributed by atoms with van der Waals surface area (Å²) in [6, 6.07) is 6.67. The van der Waals surface area contributed by atoms with Crippen molar-refractivity contribution in [1.29, 1.82) is 0 Å². The minimum atomic E-state index is -0.373. The highest BCUT2D eigenvalue weighted by Crippen LogP contribution is 2.40. The van der Waals surface area contributed by atoms with E-state index in [1.807, 2.05) is 19.9 Å². The summed E-state index contributed by atoms with van der Waals surface area (Å²) in [7, 11) is 0. The largest absolute Gasteiger partial charge is 0.339 e. The molecule has 1 aliphatic heterocycles. The van der Waals surface area contributed by atoms with Crippen LogP contribution in [0.1, 0.15) is 37.0 Å². The molecule has 2 aliphatic rings. The van der Waals surface area contributed by atoms with Gasteiger partial charge in [0.25, 0.3) is 5.91 Å². The van der Waals surface area contributed by atoms with E-state index < -0.39 is 0 Å². The summed E-state index contributed by atoms with van der Waals surface area (Å²) in [6.45, 7) is 5.13. The first-order valence-corrected chi connectivity index (χ1v) is 8.97. The number of hydrogen-bond acceptors (Lipinski definition) is 3. The van der Waals surface area contributed by atoms with Crippen molar-refractivity contribution < 1.29 is 14.4 Å². The topological polar surface area (TPSA) is 57.7 Å².